The van der Waals surface area contributed by atoms with Crippen molar-refractivity contribution in [3.8, 4) is 6.07 Å². The van der Waals surface area contributed by atoms with E-state index in [1.54, 1.807) is 0 Å². The predicted molar refractivity (Wildman–Crippen MR) is 83.5 cm³/mol. The molecule has 3 heteroatoms. The van der Waals surface area contributed by atoms with Gasteiger partial charge in [-0.15, -0.1) is 0 Å². The summed E-state index contributed by atoms with van der Waals surface area (Å²) in [5.74, 6) is 0. The number of unbranched alkanes of at least 4 members (excludes halogenated alkanes) is 1. The van der Waals surface area contributed by atoms with Crippen LogP contribution in [0.2, 0.25) is 0 Å². The highest BCUT2D eigenvalue weighted by Crippen LogP contribution is 2.26. The standard InChI is InChI=1S/C17H31N3/c1-17(2,14-18)10-4-6-13-20-12-5-3-9-16(20)15-8-7-11-19-15/h15-16,19H,3-13H2,1-2H3. The lowest BCUT2D eigenvalue weighted by atomic mass is 9.89. The van der Waals surface area contributed by atoms with Crippen molar-refractivity contribution in [1.29, 1.82) is 5.26 Å². The summed E-state index contributed by atoms with van der Waals surface area (Å²) in [6, 6.07) is 3.92. The van der Waals surface area contributed by atoms with Crippen molar-refractivity contribution in [1.82, 2.24) is 10.2 Å². The van der Waals surface area contributed by atoms with Gasteiger partial charge in [-0.1, -0.05) is 12.8 Å². The van der Waals surface area contributed by atoms with Gasteiger partial charge in [0.05, 0.1) is 11.5 Å². The Morgan fingerprint density at radius 1 is 1.20 bits per heavy atom. The van der Waals surface area contributed by atoms with Gasteiger partial charge in [-0.05, 0) is 72.0 Å². The first-order valence-corrected chi connectivity index (χ1v) is 8.51. The highest BCUT2D eigenvalue weighted by Gasteiger charge is 2.31. The molecule has 1 N–H and O–H groups in total. The van der Waals surface area contributed by atoms with Crippen LogP contribution in [0, 0.1) is 16.7 Å². The van der Waals surface area contributed by atoms with Gasteiger partial charge in [0.2, 0.25) is 0 Å². The minimum Gasteiger partial charge on any atom is -0.312 e. The van der Waals surface area contributed by atoms with E-state index in [1.807, 2.05) is 0 Å². The molecule has 0 aliphatic carbocycles. The Morgan fingerprint density at radius 3 is 2.75 bits per heavy atom. The molecule has 0 aromatic rings. The quantitative estimate of drug-likeness (QED) is 0.757. The first-order chi connectivity index (χ1) is 9.62. The second-order valence-corrected chi connectivity index (χ2v) is 7.25. The van der Waals surface area contributed by atoms with Crippen LogP contribution in [0.25, 0.3) is 0 Å². The van der Waals surface area contributed by atoms with Crippen molar-refractivity contribution >= 4 is 0 Å². The summed E-state index contributed by atoms with van der Waals surface area (Å²) in [6.07, 6.45) is 10.3. The maximum absolute atomic E-state index is 9.06. The molecule has 0 spiro atoms. The van der Waals surface area contributed by atoms with Crippen molar-refractivity contribution in [3.05, 3.63) is 0 Å². The number of likely N-dealkylation sites (tertiary alicyclic amines) is 1. The summed E-state index contributed by atoms with van der Waals surface area (Å²) >= 11 is 0. The molecule has 2 heterocycles. The van der Waals surface area contributed by atoms with Crippen LogP contribution in [0.3, 0.4) is 0 Å². The molecule has 20 heavy (non-hydrogen) atoms. The molecule has 2 atom stereocenters. The molecule has 2 rings (SSSR count). The highest BCUT2D eigenvalue weighted by molar-refractivity contribution is 4.92. The van der Waals surface area contributed by atoms with Gasteiger partial charge in [0.25, 0.3) is 0 Å². The largest absolute Gasteiger partial charge is 0.312 e. The Hall–Kier alpha value is -0.590. The number of piperidine rings is 1. The molecule has 2 aliphatic rings. The van der Waals surface area contributed by atoms with Crippen LogP contribution >= 0.6 is 0 Å². The molecular formula is C17H31N3. The average molecular weight is 277 g/mol. The predicted octanol–water partition coefficient (Wildman–Crippen LogP) is 3.31. The fourth-order valence-corrected chi connectivity index (χ4v) is 3.73. The van der Waals surface area contributed by atoms with E-state index in [9.17, 15) is 0 Å². The SMILES string of the molecule is CC(C)(C#N)CCCCN1CCCCC1C1CCCN1. The average Bonchev–Trinajstić information content (AvgIpc) is 2.98. The molecule has 0 aromatic carbocycles. The van der Waals surface area contributed by atoms with Crippen LogP contribution in [0.1, 0.15) is 65.2 Å². The first-order valence-electron chi connectivity index (χ1n) is 8.51. The van der Waals surface area contributed by atoms with Gasteiger partial charge in [-0.3, -0.25) is 4.90 Å². The second-order valence-electron chi connectivity index (χ2n) is 7.25. The van der Waals surface area contributed by atoms with Crippen molar-refractivity contribution in [2.45, 2.75) is 77.3 Å². The van der Waals surface area contributed by atoms with Gasteiger partial charge < -0.3 is 5.32 Å². The maximum atomic E-state index is 9.06. The zero-order valence-electron chi connectivity index (χ0n) is 13.3. The van der Waals surface area contributed by atoms with E-state index >= 15 is 0 Å². The van der Waals surface area contributed by atoms with Gasteiger partial charge in [0.1, 0.15) is 0 Å². The van der Waals surface area contributed by atoms with E-state index in [1.165, 1.54) is 64.6 Å². The van der Waals surface area contributed by atoms with Crippen LogP contribution in [0.15, 0.2) is 0 Å². The lowest BCUT2D eigenvalue weighted by Gasteiger charge is -2.39. The minimum atomic E-state index is -0.145. The number of nitriles is 1. The monoisotopic (exact) mass is 277 g/mol. The molecule has 0 amide bonds. The van der Waals surface area contributed by atoms with Gasteiger partial charge in [-0.25, -0.2) is 0 Å². The Bertz CT molecular complexity index is 326. The third-order valence-electron chi connectivity index (χ3n) is 5.03. The van der Waals surface area contributed by atoms with E-state index < -0.39 is 0 Å². The number of nitrogens with one attached hydrogen (secondary N) is 1. The third-order valence-corrected chi connectivity index (χ3v) is 5.03. The number of hydrogen-bond donors (Lipinski definition) is 1. The van der Waals surface area contributed by atoms with Crippen molar-refractivity contribution in [3.63, 3.8) is 0 Å². The van der Waals surface area contributed by atoms with Crippen LogP contribution < -0.4 is 5.32 Å². The number of rotatable bonds is 6. The van der Waals surface area contributed by atoms with Crippen molar-refractivity contribution in [2.24, 2.45) is 5.41 Å². The molecule has 0 bridgehead atoms. The van der Waals surface area contributed by atoms with Gasteiger partial charge in [-0.2, -0.15) is 5.26 Å². The second kappa shape index (κ2) is 7.43. The Balaban J connectivity index is 1.73. The zero-order chi connectivity index (χ0) is 14.4. The van der Waals surface area contributed by atoms with E-state index in [0.29, 0.717) is 0 Å². The molecule has 0 aromatic heterocycles. The van der Waals surface area contributed by atoms with E-state index in [0.717, 1.165) is 18.5 Å². The van der Waals surface area contributed by atoms with E-state index in [4.69, 9.17) is 5.26 Å². The third kappa shape index (κ3) is 4.46. The number of hydrogen-bond acceptors (Lipinski definition) is 3. The lowest BCUT2D eigenvalue weighted by Crippen LogP contribution is -2.50. The van der Waals surface area contributed by atoms with Crippen molar-refractivity contribution in [2.75, 3.05) is 19.6 Å². The van der Waals surface area contributed by atoms with E-state index in [2.05, 4.69) is 30.1 Å². The lowest BCUT2D eigenvalue weighted by molar-refractivity contribution is 0.117. The van der Waals surface area contributed by atoms with Gasteiger partial charge >= 0.3 is 0 Å². The maximum Gasteiger partial charge on any atom is 0.0683 e. The highest BCUT2D eigenvalue weighted by atomic mass is 15.2. The van der Waals surface area contributed by atoms with Crippen molar-refractivity contribution < 1.29 is 0 Å². The molecule has 0 saturated carbocycles. The molecule has 2 saturated heterocycles. The first kappa shape index (κ1) is 15.8. The normalized spacial score (nSPS) is 28.4. The summed E-state index contributed by atoms with van der Waals surface area (Å²) in [5, 5.41) is 12.8. The van der Waals surface area contributed by atoms with Crippen LogP contribution in [0.4, 0.5) is 0 Å². The smallest absolute Gasteiger partial charge is 0.0683 e. The summed E-state index contributed by atoms with van der Waals surface area (Å²) in [4.78, 5) is 2.73. The fraction of sp³-hybridized carbons (Fsp3) is 0.941. The topological polar surface area (TPSA) is 39.1 Å². The Kier molecular flexibility index (Phi) is 5.86. The summed E-state index contributed by atoms with van der Waals surface area (Å²) in [5.41, 5.74) is -0.145. The summed E-state index contributed by atoms with van der Waals surface area (Å²) < 4.78 is 0. The van der Waals surface area contributed by atoms with Gasteiger partial charge in [0.15, 0.2) is 0 Å². The Morgan fingerprint density at radius 2 is 2.05 bits per heavy atom. The van der Waals surface area contributed by atoms with Crippen LogP contribution in [-0.2, 0) is 0 Å². The van der Waals surface area contributed by atoms with Gasteiger partial charge in [0, 0.05) is 12.1 Å². The molecule has 2 fully saturated rings. The summed E-state index contributed by atoms with van der Waals surface area (Å²) in [6.45, 7) is 7.83. The molecule has 114 valence electrons. The molecule has 2 unspecified atom stereocenters. The zero-order valence-corrected chi connectivity index (χ0v) is 13.3. The van der Waals surface area contributed by atoms with Crippen LogP contribution in [-0.4, -0.2) is 36.6 Å². The fourth-order valence-electron chi connectivity index (χ4n) is 3.73. The van der Waals surface area contributed by atoms with Crippen LogP contribution in [0.5, 0.6) is 0 Å². The molecular weight excluding hydrogens is 246 g/mol. The molecule has 3 nitrogen and oxygen atoms in total. The number of nitrogens with zero attached hydrogens (tertiary/aromatic N) is 2. The van der Waals surface area contributed by atoms with E-state index in [-0.39, 0.29) is 5.41 Å². The minimum absolute atomic E-state index is 0.145. The summed E-state index contributed by atoms with van der Waals surface area (Å²) in [7, 11) is 0. The molecule has 2 aliphatic heterocycles. The molecule has 0 radical (unpaired) electrons. The Labute approximate surface area is 124 Å².